The highest BCUT2D eigenvalue weighted by atomic mass is 16.4. The minimum atomic E-state index is -1.04. The van der Waals surface area contributed by atoms with Crippen LogP contribution in [0, 0.1) is 25.2 Å². The van der Waals surface area contributed by atoms with Crippen molar-refractivity contribution in [3.05, 3.63) is 80.9 Å². The lowest BCUT2D eigenvalue weighted by Gasteiger charge is -2.19. The molecule has 0 bridgehead atoms. The Morgan fingerprint density at radius 3 is 2.64 bits per heavy atom. The number of carbonyl (C=O) groups is 1. The van der Waals surface area contributed by atoms with Crippen molar-refractivity contribution in [2.45, 2.75) is 26.8 Å². The first kappa shape index (κ1) is 21.8. The maximum atomic E-state index is 13.3. The van der Waals surface area contributed by atoms with Gasteiger partial charge in [-0.15, -0.1) is 0 Å². The number of para-hydroxylation sites is 1. The van der Waals surface area contributed by atoms with Crippen LogP contribution in [0.25, 0.3) is 22.4 Å². The topological polar surface area (TPSA) is 121 Å². The number of rotatable bonds is 5. The second-order valence-corrected chi connectivity index (χ2v) is 7.98. The molecule has 0 fully saturated rings. The number of aromatic nitrogens is 2. The van der Waals surface area contributed by atoms with Gasteiger partial charge in [0.05, 0.1) is 17.0 Å². The van der Waals surface area contributed by atoms with E-state index in [4.69, 9.17) is 4.42 Å². The number of nitriles is 1. The van der Waals surface area contributed by atoms with Gasteiger partial charge in [-0.05, 0) is 44.5 Å². The first-order valence-corrected chi connectivity index (χ1v) is 10.3. The number of imidazole rings is 1. The molecule has 0 saturated carbocycles. The molecule has 0 radical (unpaired) electrons. The number of nitrogens with one attached hydrogen (secondary N) is 1. The molecule has 0 amide bonds. The van der Waals surface area contributed by atoms with E-state index in [0.717, 1.165) is 5.56 Å². The summed E-state index contributed by atoms with van der Waals surface area (Å²) in [4.78, 5) is 29.3. The minimum Gasteiger partial charge on any atom is -0.478 e. The van der Waals surface area contributed by atoms with Crippen molar-refractivity contribution >= 4 is 22.6 Å². The molecule has 2 N–H and O–H groups in total. The Balaban J connectivity index is 1.93. The number of nitrogens with zero attached hydrogens (tertiary/aromatic N) is 3. The third kappa shape index (κ3) is 3.85. The molecular weight excluding hydrogens is 420 g/mol. The van der Waals surface area contributed by atoms with Gasteiger partial charge in [0.2, 0.25) is 5.43 Å². The normalized spacial score (nSPS) is 11.8. The summed E-state index contributed by atoms with van der Waals surface area (Å²) in [6, 6.07) is 11.8. The van der Waals surface area contributed by atoms with E-state index >= 15 is 0 Å². The van der Waals surface area contributed by atoms with Crippen LogP contribution in [0.1, 0.15) is 45.8 Å². The van der Waals surface area contributed by atoms with Gasteiger partial charge < -0.3 is 19.4 Å². The van der Waals surface area contributed by atoms with Gasteiger partial charge in [0, 0.05) is 24.5 Å². The molecule has 4 aromatic rings. The van der Waals surface area contributed by atoms with Gasteiger partial charge >= 0.3 is 5.97 Å². The fourth-order valence-electron chi connectivity index (χ4n) is 3.85. The van der Waals surface area contributed by atoms with Crippen LogP contribution in [0.3, 0.4) is 0 Å². The van der Waals surface area contributed by atoms with Gasteiger partial charge in [-0.25, -0.2) is 9.78 Å². The molecule has 1 atom stereocenters. The van der Waals surface area contributed by atoms with Crippen LogP contribution in [-0.4, -0.2) is 20.6 Å². The predicted molar refractivity (Wildman–Crippen MR) is 124 cm³/mol. The summed E-state index contributed by atoms with van der Waals surface area (Å²) in [5, 5.41) is 22.7. The molecule has 166 valence electrons. The average Bonchev–Trinajstić information content (AvgIpc) is 3.11. The summed E-state index contributed by atoms with van der Waals surface area (Å²) in [5.41, 5.74) is 2.26. The van der Waals surface area contributed by atoms with Gasteiger partial charge in [0.25, 0.3) is 0 Å². The average molecular weight is 442 g/mol. The molecule has 0 aliphatic carbocycles. The maximum Gasteiger partial charge on any atom is 0.337 e. The lowest BCUT2D eigenvalue weighted by atomic mass is 9.99. The molecule has 33 heavy (non-hydrogen) atoms. The van der Waals surface area contributed by atoms with E-state index in [1.807, 2.05) is 40.0 Å². The summed E-state index contributed by atoms with van der Waals surface area (Å²) in [6.45, 7) is 5.52. The number of aryl methyl sites for hydroxylation is 3. The molecule has 0 aliphatic heterocycles. The first-order valence-electron chi connectivity index (χ1n) is 10.3. The zero-order valence-electron chi connectivity index (χ0n) is 18.6. The smallest absolute Gasteiger partial charge is 0.337 e. The number of hydrogen-bond donors (Lipinski definition) is 2. The van der Waals surface area contributed by atoms with Gasteiger partial charge in [0.15, 0.2) is 5.76 Å². The summed E-state index contributed by atoms with van der Waals surface area (Å²) < 4.78 is 7.97. The first-order chi connectivity index (χ1) is 15.7. The van der Waals surface area contributed by atoms with Crippen LogP contribution in [0.5, 0.6) is 0 Å². The van der Waals surface area contributed by atoms with Crippen molar-refractivity contribution < 1.29 is 14.3 Å². The summed E-state index contributed by atoms with van der Waals surface area (Å²) in [7, 11) is 1.82. The van der Waals surface area contributed by atoms with Gasteiger partial charge in [-0.2, -0.15) is 5.26 Å². The van der Waals surface area contributed by atoms with Crippen LogP contribution in [-0.2, 0) is 7.05 Å². The Labute approximate surface area is 189 Å². The summed E-state index contributed by atoms with van der Waals surface area (Å²) in [5.74, 6) is -0.222. The van der Waals surface area contributed by atoms with E-state index in [-0.39, 0.29) is 22.3 Å². The Kier molecular flexibility index (Phi) is 5.48. The zero-order chi connectivity index (χ0) is 23.9. The van der Waals surface area contributed by atoms with Crippen LogP contribution in [0.15, 0.2) is 51.8 Å². The predicted octanol–water partition coefficient (Wildman–Crippen LogP) is 4.55. The molecule has 0 unspecified atom stereocenters. The monoisotopic (exact) mass is 442 g/mol. The number of carboxylic acids is 1. The molecule has 0 saturated heterocycles. The molecule has 8 heteroatoms. The third-order valence-electron chi connectivity index (χ3n) is 5.61. The highest BCUT2D eigenvalue weighted by Gasteiger charge is 2.23. The van der Waals surface area contributed by atoms with Gasteiger partial charge in [-0.3, -0.25) is 4.79 Å². The van der Waals surface area contributed by atoms with Crippen molar-refractivity contribution in [1.82, 2.24) is 9.55 Å². The van der Waals surface area contributed by atoms with E-state index in [2.05, 4.69) is 10.3 Å². The second kappa shape index (κ2) is 8.28. The molecule has 0 aliphatic rings. The molecule has 0 spiro atoms. The van der Waals surface area contributed by atoms with Gasteiger partial charge in [-0.1, -0.05) is 18.2 Å². The molecule has 2 aromatic carbocycles. The Morgan fingerprint density at radius 2 is 2.00 bits per heavy atom. The largest absolute Gasteiger partial charge is 0.478 e. The Morgan fingerprint density at radius 1 is 1.27 bits per heavy atom. The highest BCUT2D eigenvalue weighted by molar-refractivity contribution is 5.94. The maximum absolute atomic E-state index is 13.3. The van der Waals surface area contributed by atoms with Gasteiger partial charge in [0.1, 0.15) is 28.7 Å². The number of hydrogen-bond acceptors (Lipinski definition) is 6. The highest BCUT2D eigenvalue weighted by Crippen LogP contribution is 2.32. The molecular formula is C25H22N4O4. The SMILES string of the molecule is Cc1cc([C@@H](C)Nc2ccccc2C(=O)O)c2oc(-c3cn(C)c(C)n3)c(C#N)c(=O)c2c1. The van der Waals surface area contributed by atoms with Crippen LogP contribution in [0.4, 0.5) is 5.69 Å². The van der Waals surface area contributed by atoms with E-state index in [0.29, 0.717) is 28.4 Å². The number of anilines is 1. The van der Waals surface area contributed by atoms with Crippen molar-refractivity contribution in [1.29, 1.82) is 5.26 Å². The Bertz CT molecular complexity index is 1490. The lowest BCUT2D eigenvalue weighted by molar-refractivity contribution is 0.0698. The molecule has 2 aromatic heterocycles. The number of fused-ring (bicyclic) bond motifs is 1. The molecule has 8 nitrogen and oxygen atoms in total. The fraction of sp³-hybridized carbons (Fsp3) is 0.200. The zero-order valence-corrected chi connectivity index (χ0v) is 18.6. The van der Waals surface area contributed by atoms with Crippen molar-refractivity contribution in [2.75, 3.05) is 5.32 Å². The van der Waals surface area contributed by atoms with Crippen LogP contribution in [0.2, 0.25) is 0 Å². The van der Waals surface area contributed by atoms with Crippen LogP contribution < -0.4 is 10.7 Å². The van der Waals surface area contributed by atoms with E-state index in [1.165, 1.54) is 6.07 Å². The van der Waals surface area contributed by atoms with Crippen molar-refractivity contribution in [3.8, 4) is 17.5 Å². The second-order valence-electron chi connectivity index (χ2n) is 7.98. The van der Waals surface area contributed by atoms with Crippen molar-refractivity contribution in [2.24, 2.45) is 7.05 Å². The number of benzene rings is 2. The van der Waals surface area contributed by atoms with Crippen molar-refractivity contribution in [3.63, 3.8) is 0 Å². The lowest BCUT2D eigenvalue weighted by Crippen LogP contribution is -2.14. The standard InChI is InChI=1S/C25H22N4O4/c1-13-9-17(14(2)27-20-8-6-5-7-16(20)25(31)32)23-18(10-13)22(30)19(11-26)24(33-23)21-12-29(4)15(3)28-21/h5-10,12,14,27H,1-4H3,(H,31,32)/t14-/m1/s1. The fourth-order valence-corrected chi connectivity index (χ4v) is 3.85. The van der Waals surface area contributed by atoms with E-state index in [9.17, 15) is 20.0 Å². The summed E-state index contributed by atoms with van der Waals surface area (Å²) >= 11 is 0. The van der Waals surface area contributed by atoms with E-state index in [1.54, 1.807) is 35.0 Å². The third-order valence-corrected chi connectivity index (χ3v) is 5.61. The molecule has 4 rings (SSSR count). The van der Waals surface area contributed by atoms with E-state index < -0.39 is 17.4 Å². The molecule has 2 heterocycles. The summed E-state index contributed by atoms with van der Waals surface area (Å²) in [6.07, 6.45) is 1.71. The number of aromatic carboxylic acids is 1. The van der Waals surface area contributed by atoms with Crippen LogP contribution >= 0.6 is 0 Å². The quantitative estimate of drug-likeness (QED) is 0.465. The Hall–Kier alpha value is -4.38. The number of carboxylic acid groups (broad SMARTS) is 1. The minimum absolute atomic E-state index is 0.103.